The third-order valence-corrected chi connectivity index (χ3v) is 4.87. The van der Waals surface area contributed by atoms with Crippen molar-refractivity contribution in [3.05, 3.63) is 64.0 Å². The van der Waals surface area contributed by atoms with E-state index in [1.807, 2.05) is 37.4 Å². The van der Waals surface area contributed by atoms with Crippen LogP contribution in [0.1, 0.15) is 29.1 Å². The minimum atomic E-state index is -0.295. The number of carbonyl (C=O) groups excluding carboxylic acids is 2. The summed E-state index contributed by atoms with van der Waals surface area (Å²) in [5, 5.41) is 4.73. The molecule has 1 saturated heterocycles. The summed E-state index contributed by atoms with van der Waals surface area (Å²) in [5.74, 6) is -0.485. The molecule has 6 heteroatoms. The minimum absolute atomic E-state index is 0.0319. The van der Waals surface area contributed by atoms with Gasteiger partial charge in [-0.1, -0.05) is 24.3 Å². The van der Waals surface area contributed by atoms with Crippen LogP contribution in [0.2, 0.25) is 0 Å². The normalized spacial score (nSPS) is 20.7. The highest BCUT2D eigenvalue weighted by molar-refractivity contribution is 7.10. The van der Waals surface area contributed by atoms with Gasteiger partial charge < -0.3 is 15.0 Å². The molecule has 1 aromatic heterocycles. The first kappa shape index (κ1) is 18.4. The quantitative estimate of drug-likeness (QED) is 0.841. The Hall–Kier alpha value is -2.44. The molecule has 0 bridgehead atoms. The number of nitrogens with one attached hydrogen (secondary N) is 1. The van der Waals surface area contributed by atoms with Crippen LogP contribution in [-0.4, -0.2) is 42.0 Å². The first-order valence-electron chi connectivity index (χ1n) is 8.59. The van der Waals surface area contributed by atoms with Crippen molar-refractivity contribution in [3.63, 3.8) is 0 Å². The van der Waals surface area contributed by atoms with Crippen molar-refractivity contribution in [3.8, 4) is 0 Å². The number of rotatable bonds is 4. The van der Waals surface area contributed by atoms with E-state index in [9.17, 15) is 9.59 Å². The molecule has 5 nitrogen and oxygen atoms in total. The van der Waals surface area contributed by atoms with Crippen molar-refractivity contribution in [1.82, 2.24) is 10.2 Å². The van der Waals surface area contributed by atoms with E-state index in [1.165, 1.54) is 11.3 Å². The van der Waals surface area contributed by atoms with Gasteiger partial charge >= 0.3 is 0 Å². The zero-order valence-electron chi connectivity index (χ0n) is 14.8. The third kappa shape index (κ3) is 4.59. The van der Waals surface area contributed by atoms with Crippen LogP contribution in [0.3, 0.4) is 0 Å². The van der Waals surface area contributed by atoms with E-state index in [0.29, 0.717) is 18.7 Å². The smallest absolute Gasteiger partial charge is 0.270 e. The predicted octanol–water partition coefficient (Wildman–Crippen LogP) is 3.15. The Labute approximate surface area is 157 Å². The fraction of sp³-hybridized carbons (Fsp3) is 0.300. The largest absolute Gasteiger partial charge is 0.372 e. The fourth-order valence-electron chi connectivity index (χ4n) is 2.97. The molecule has 2 amide bonds. The van der Waals surface area contributed by atoms with Crippen molar-refractivity contribution in [2.24, 2.45) is 0 Å². The fourth-order valence-corrected chi connectivity index (χ4v) is 3.62. The lowest BCUT2D eigenvalue weighted by Gasteiger charge is -2.35. The molecule has 2 unspecified atom stereocenters. The number of hydrogen-bond donors (Lipinski definition) is 1. The summed E-state index contributed by atoms with van der Waals surface area (Å²) in [5.41, 5.74) is 0.795. The van der Waals surface area contributed by atoms with Crippen LogP contribution < -0.4 is 5.32 Å². The Morgan fingerprint density at radius 3 is 2.42 bits per heavy atom. The molecule has 0 radical (unpaired) electrons. The molecule has 1 aliphatic rings. The molecular formula is C20H22N2O3S. The highest BCUT2D eigenvalue weighted by Crippen LogP contribution is 2.17. The van der Waals surface area contributed by atoms with Gasteiger partial charge in [-0.15, -0.1) is 11.3 Å². The second kappa shape index (κ2) is 8.29. The second-order valence-corrected chi connectivity index (χ2v) is 7.34. The highest BCUT2D eigenvalue weighted by Gasteiger charge is 2.28. The molecule has 136 valence electrons. The highest BCUT2D eigenvalue weighted by atomic mass is 32.1. The van der Waals surface area contributed by atoms with E-state index < -0.39 is 0 Å². The molecule has 0 spiro atoms. The number of hydrogen-bond acceptors (Lipinski definition) is 4. The van der Waals surface area contributed by atoms with Crippen molar-refractivity contribution in [2.45, 2.75) is 26.1 Å². The van der Waals surface area contributed by atoms with Gasteiger partial charge in [0.15, 0.2) is 0 Å². The van der Waals surface area contributed by atoms with Crippen LogP contribution in [0.25, 0.3) is 6.08 Å². The molecule has 1 N–H and O–H groups in total. The Balaban J connectivity index is 1.84. The average molecular weight is 370 g/mol. The maximum atomic E-state index is 13.1. The van der Waals surface area contributed by atoms with Gasteiger partial charge in [0.1, 0.15) is 5.70 Å². The zero-order chi connectivity index (χ0) is 18.5. The van der Waals surface area contributed by atoms with Gasteiger partial charge in [0.05, 0.1) is 12.2 Å². The van der Waals surface area contributed by atoms with E-state index in [4.69, 9.17) is 4.74 Å². The van der Waals surface area contributed by atoms with Crippen LogP contribution in [-0.2, 0) is 9.53 Å². The number of thiophene rings is 1. The SMILES string of the molecule is CC1CN(C(=O)/C(=C/c2cccs2)NC(=O)c2ccccc2)CC(C)O1. The molecule has 3 rings (SSSR count). The Bertz CT molecular complexity index is 777. The number of ether oxygens (including phenoxy) is 1. The molecule has 0 saturated carbocycles. The first-order valence-corrected chi connectivity index (χ1v) is 9.47. The van der Waals surface area contributed by atoms with Crippen molar-refractivity contribution >= 4 is 29.2 Å². The minimum Gasteiger partial charge on any atom is -0.372 e. The van der Waals surface area contributed by atoms with Gasteiger partial charge in [-0.05, 0) is 43.5 Å². The summed E-state index contributed by atoms with van der Waals surface area (Å²) in [6, 6.07) is 12.7. The van der Waals surface area contributed by atoms with Crippen LogP contribution >= 0.6 is 11.3 Å². The van der Waals surface area contributed by atoms with Crippen LogP contribution in [0, 0.1) is 0 Å². The van der Waals surface area contributed by atoms with Gasteiger partial charge in [-0.2, -0.15) is 0 Å². The lowest BCUT2D eigenvalue weighted by atomic mass is 10.2. The van der Waals surface area contributed by atoms with E-state index in [2.05, 4.69) is 5.32 Å². The molecule has 2 atom stereocenters. The summed E-state index contributed by atoms with van der Waals surface area (Å²) in [7, 11) is 0. The van der Waals surface area contributed by atoms with E-state index in [0.717, 1.165) is 4.88 Å². The molecule has 1 aliphatic heterocycles. The number of amides is 2. The summed E-state index contributed by atoms with van der Waals surface area (Å²) < 4.78 is 5.70. The van der Waals surface area contributed by atoms with Crippen LogP contribution in [0.15, 0.2) is 53.5 Å². The second-order valence-electron chi connectivity index (χ2n) is 6.36. The van der Waals surface area contributed by atoms with Gasteiger partial charge in [0, 0.05) is 23.5 Å². The predicted molar refractivity (Wildman–Crippen MR) is 103 cm³/mol. The Morgan fingerprint density at radius 2 is 1.81 bits per heavy atom. The van der Waals surface area contributed by atoms with E-state index in [1.54, 1.807) is 35.2 Å². The molecule has 2 heterocycles. The summed E-state index contributed by atoms with van der Waals surface area (Å²) in [6.07, 6.45) is 1.67. The molecule has 1 fully saturated rings. The van der Waals surface area contributed by atoms with Gasteiger partial charge in [0.25, 0.3) is 11.8 Å². The maximum Gasteiger partial charge on any atom is 0.270 e. The summed E-state index contributed by atoms with van der Waals surface area (Å²) in [4.78, 5) is 28.3. The van der Waals surface area contributed by atoms with Gasteiger partial charge in [-0.3, -0.25) is 9.59 Å². The zero-order valence-corrected chi connectivity index (χ0v) is 15.7. The molecule has 1 aromatic carbocycles. The van der Waals surface area contributed by atoms with Crippen molar-refractivity contribution in [1.29, 1.82) is 0 Å². The lowest BCUT2D eigenvalue weighted by molar-refractivity contribution is -0.139. The first-order chi connectivity index (χ1) is 12.5. The topological polar surface area (TPSA) is 58.6 Å². The maximum absolute atomic E-state index is 13.1. The molecular weight excluding hydrogens is 348 g/mol. The number of nitrogens with zero attached hydrogens (tertiary/aromatic N) is 1. The number of morpholine rings is 1. The van der Waals surface area contributed by atoms with E-state index in [-0.39, 0.29) is 29.7 Å². The number of carbonyl (C=O) groups is 2. The van der Waals surface area contributed by atoms with Crippen LogP contribution in [0.4, 0.5) is 0 Å². The average Bonchev–Trinajstić information content (AvgIpc) is 3.13. The summed E-state index contributed by atoms with van der Waals surface area (Å²) >= 11 is 1.52. The number of benzene rings is 1. The lowest BCUT2D eigenvalue weighted by Crippen LogP contribution is -2.50. The molecule has 0 aliphatic carbocycles. The monoisotopic (exact) mass is 370 g/mol. The van der Waals surface area contributed by atoms with Crippen LogP contribution in [0.5, 0.6) is 0 Å². The van der Waals surface area contributed by atoms with Gasteiger partial charge in [-0.25, -0.2) is 0 Å². The third-order valence-electron chi connectivity index (χ3n) is 4.05. The summed E-state index contributed by atoms with van der Waals surface area (Å²) in [6.45, 7) is 4.90. The standard InChI is InChI=1S/C20H22N2O3S/c1-14-12-22(13-15(2)25-14)20(24)18(11-17-9-6-10-26-17)21-19(23)16-7-4-3-5-8-16/h3-11,14-15H,12-13H2,1-2H3,(H,21,23)/b18-11-. The van der Waals surface area contributed by atoms with Crippen molar-refractivity contribution < 1.29 is 14.3 Å². The van der Waals surface area contributed by atoms with Crippen molar-refractivity contribution in [2.75, 3.05) is 13.1 Å². The van der Waals surface area contributed by atoms with E-state index >= 15 is 0 Å². The Kier molecular flexibility index (Phi) is 5.85. The Morgan fingerprint density at radius 1 is 1.12 bits per heavy atom. The van der Waals surface area contributed by atoms with Gasteiger partial charge in [0.2, 0.25) is 0 Å². The molecule has 26 heavy (non-hydrogen) atoms. The molecule has 2 aromatic rings.